The van der Waals surface area contributed by atoms with E-state index in [1.807, 2.05) is 0 Å². The number of hydrogen-bond donors (Lipinski definition) is 1. The molecule has 1 aromatic heterocycles. The van der Waals surface area contributed by atoms with E-state index < -0.39 is 0 Å². The molecule has 4 heteroatoms. The molecule has 0 aliphatic heterocycles. The molecule has 0 radical (unpaired) electrons. The van der Waals surface area contributed by atoms with Crippen LogP contribution in [0.25, 0.3) is 0 Å². The zero-order valence-corrected chi connectivity index (χ0v) is 5.86. The number of ether oxygens (including phenoxy) is 1. The minimum absolute atomic E-state index is 0.184. The summed E-state index contributed by atoms with van der Waals surface area (Å²) in [7, 11) is 0. The van der Waals surface area contributed by atoms with Gasteiger partial charge in [-0.05, 0) is 6.07 Å². The third-order valence-corrected chi connectivity index (χ3v) is 1.25. The van der Waals surface area contributed by atoms with E-state index in [1.165, 1.54) is 0 Å². The van der Waals surface area contributed by atoms with Gasteiger partial charge in [0, 0.05) is 23.6 Å². The molecular weight excluding hydrogens is 144 g/mol. The Morgan fingerprint density at radius 2 is 2.55 bits per heavy atom. The van der Waals surface area contributed by atoms with Crippen LogP contribution in [0.5, 0.6) is 0 Å². The highest BCUT2D eigenvalue weighted by atomic mass is 16.5. The fourth-order valence-corrected chi connectivity index (χ4v) is 0.682. The van der Waals surface area contributed by atoms with Gasteiger partial charge < -0.3 is 10.5 Å². The Kier molecular flexibility index (Phi) is 2.43. The molecule has 1 heterocycles. The van der Waals surface area contributed by atoms with Gasteiger partial charge in [0.05, 0.1) is 0 Å². The second-order valence-corrected chi connectivity index (χ2v) is 1.98. The van der Waals surface area contributed by atoms with Crippen LogP contribution in [-0.2, 0) is 16.1 Å². The van der Waals surface area contributed by atoms with E-state index in [4.69, 9.17) is 5.73 Å². The maximum atomic E-state index is 9.81. The molecule has 0 saturated heterocycles. The average molecular weight is 152 g/mol. The normalized spacial score (nSPS) is 9.09. The smallest absolute Gasteiger partial charge is 0.293 e. The van der Waals surface area contributed by atoms with Gasteiger partial charge in [0.1, 0.15) is 6.61 Å². The summed E-state index contributed by atoms with van der Waals surface area (Å²) in [5.41, 5.74) is 6.83. The summed E-state index contributed by atoms with van der Waals surface area (Å²) >= 11 is 0. The number of anilines is 1. The van der Waals surface area contributed by atoms with Gasteiger partial charge in [0.2, 0.25) is 0 Å². The third kappa shape index (κ3) is 1.93. The molecule has 2 N–H and O–H groups in total. The van der Waals surface area contributed by atoms with Crippen LogP contribution in [-0.4, -0.2) is 11.5 Å². The van der Waals surface area contributed by atoms with Crippen LogP contribution in [0.15, 0.2) is 18.5 Å². The van der Waals surface area contributed by atoms with Crippen LogP contribution in [0.1, 0.15) is 5.56 Å². The molecule has 0 fully saturated rings. The van der Waals surface area contributed by atoms with Crippen molar-refractivity contribution in [2.24, 2.45) is 0 Å². The molecule has 0 unspecified atom stereocenters. The molecule has 0 spiro atoms. The topological polar surface area (TPSA) is 65.2 Å². The van der Waals surface area contributed by atoms with Crippen molar-refractivity contribution in [2.45, 2.75) is 6.61 Å². The Bertz CT molecular complexity index is 250. The fourth-order valence-electron chi connectivity index (χ4n) is 0.682. The SMILES string of the molecule is Nc1ccncc1COC=O. The first kappa shape index (κ1) is 7.53. The molecule has 1 aromatic rings. The predicted octanol–water partition coefficient (Wildman–Crippen LogP) is 0.337. The van der Waals surface area contributed by atoms with Crippen molar-refractivity contribution in [2.75, 3.05) is 5.73 Å². The summed E-state index contributed by atoms with van der Waals surface area (Å²) in [6, 6.07) is 1.66. The number of nitrogens with zero attached hydrogens (tertiary/aromatic N) is 1. The zero-order chi connectivity index (χ0) is 8.10. The second-order valence-electron chi connectivity index (χ2n) is 1.98. The van der Waals surface area contributed by atoms with Crippen LogP contribution in [0.3, 0.4) is 0 Å². The second kappa shape index (κ2) is 3.55. The van der Waals surface area contributed by atoms with Crippen LogP contribution >= 0.6 is 0 Å². The Hall–Kier alpha value is -1.58. The third-order valence-electron chi connectivity index (χ3n) is 1.25. The summed E-state index contributed by atoms with van der Waals surface area (Å²) in [6.07, 6.45) is 3.15. The number of nitrogen functional groups attached to an aromatic ring is 1. The van der Waals surface area contributed by atoms with E-state index in [-0.39, 0.29) is 6.61 Å². The maximum absolute atomic E-state index is 9.81. The molecule has 0 aromatic carbocycles. The lowest BCUT2D eigenvalue weighted by molar-refractivity contribution is -0.129. The number of carbonyl (C=O) groups excluding carboxylic acids is 1. The lowest BCUT2D eigenvalue weighted by atomic mass is 10.2. The van der Waals surface area contributed by atoms with Gasteiger partial charge in [-0.2, -0.15) is 0 Å². The highest BCUT2D eigenvalue weighted by Gasteiger charge is 1.96. The number of aromatic nitrogens is 1. The van der Waals surface area contributed by atoms with Crippen molar-refractivity contribution >= 4 is 12.2 Å². The summed E-state index contributed by atoms with van der Waals surface area (Å²) in [4.78, 5) is 13.6. The molecule has 0 atom stereocenters. The largest absolute Gasteiger partial charge is 0.463 e. The molecule has 0 bridgehead atoms. The van der Waals surface area contributed by atoms with Crippen molar-refractivity contribution < 1.29 is 9.53 Å². The van der Waals surface area contributed by atoms with Gasteiger partial charge >= 0.3 is 0 Å². The number of nitrogens with two attached hydrogens (primary N) is 1. The van der Waals surface area contributed by atoms with E-state index in [2.05, 4.69) is 9.72 Å². The average Bonchev–Trinajstić information content (AvgIpc) is 2.03. The van der Waals surface area contributed by atoms with E-state index in [0.717, 1.165) is 5.56 Å². The Labute approximate surface area is 64.0 Å². The monoisotopic (exact) mass is 152 g/mol. The summed E-state index contributed by atoms with van der Waals surface area (Å²) in [5.74, 6) is 0. The molecule has 0 aliphatic carbocycles. The van der Waals surface area contributed by atoms with Crippen molar-refractivity contribution in [1.82, 2.24) is 4.98 Å². The van der Waals surface area contributed by atoms with Gasteiger partial charge in [-0.15, -0.1) is 0 Å². The Morgan fingerprint density at radius 1 is 1.73 bits per heavy atom. The highest BCUT2D eigenvalue weighted by Crippen LogP contribution is 2.08. The Balaban J connectivity index is 2.69. The first-order valence-electron chi connectivity index (χ1n) is 3.08. The number of pyridine rings is 1. The van der Waals surface area contributed by atoms with E-state index in [1.54, 1.807) is 18.5 Å². The van der Waals surface area contributed by atoms with Crippen LogP contribution in [0, 0.1) is 0 Å². The number of hydrogen-bond acceptors (Lipinski definition) is 4. The predicted molar refractivity (Wildman–Crippen MR) is 39.5 cm³/mol. The van der Waals surface area contributed by atoms with E-state index in [9.17, 15) is 4.79 Å². The highest BCUT2D eigenvalue weighted by molar-refractivity contribution is 5.45. The van der Waals surface area contributed by atoms with Crippen molar-refractivity contribution in [1.29, 1.82) is 0 Å². The van der Waals surface area contributed by atoms with Crippen molar-refractivity contribution in [3.63, 3.8) is 0 Å². The van der Waals surface area contributed by atoms with Crippen molar-refractivity contribution in [3.8, 4) is 0 Å². The summed E-state index contributed by atoms with van der Waals surface area (Å²) in [6.45, 7) is 0.565. The molecule has 58 valence electrons. The van der Waals surface area contributed by atoms with Gasteiger partial charge in [0.15, 0.2) is 0 Å². The first-order chi connectivity index (χ1) is 5.34. The lowest BCUT2D eigenvalue weighted by Crippen LogP contribution is -1.97. The van der Waals surface area contributed by atoms with Gasteiger partial charge in [-0.1, -0.05) is 0 Å². The van der Waals surface area contributed by atoms with Gasteiger partial charge in [-0.3, -0.25) is 9.78 Å². The molecule has 4 nitrogen and oxygen atoms in total. The maximum Gasteiger partial charge on any atom is 0.293 e. The minimum atomic E-state index is 0.184. The van der Waals surface area contributed by atoms with Gasteiger partial charge in [0.25, 0.3) is 6.47 Å². The molecule has 11 heavy (non-hydrogen) atoms. The quantitative estimate of drug-likeness (QED) is 0.634. The first-order valence-corrected chi connectivity index (χ1v) is 3.08. The minimum Gasteiger partial charge on any atom is -0.463 e. The van der Waals surface area contributed by atoms with E-state index in [0.29, 0.717) is 12.2 Å². The fraction of sp³-hybridized carbons (Fsp3) is 0.143. The molecule has 1 rings (SSSR count). The molecule has 0 aliphatic rings. The van der Waals surface area contributed by atoms with Crippen LogP contribution < -0.4 is 5.73 Å². The number of carbonyl (C=O) groups is 1. The lowest BCUT2D eigenvalue weighted by Gasteiger charge is -2.01. The van der Waals surface area contributed by atoms with Crippen molar-refractivity contribution in [3.05, 3.63) is 24.0 Å². The molecular formula is C7H8N2O2. The summed E-state index contributed by atoms with van der Waals surface area (Å²) in [5, 5.41) is 0. The molecule has 0 saturated carbocycles. The summed E-state index contributed by atoms with van der Waals surface area (Å²) < 4.78 is 4.50. The standard InChI is InChI=1S/C7H8N2O2/c8-7-1-2-9-3-6(7)4-11-5-10/h1-3,5H,4H2,(H2,8,9). The zero-order valence-electron chi connectivity index (χ0n) is 5.86. The Morgan fingerprint density at radius 3 is 3.18 bits per heavy atom. The van der Waals surface area contributed by atoms with Crippen LogP contribution in [0.2, 0.25) is 0 Å². The molecule has 0 amide bonds. The number of rotatable bonds is 3. The van der Waals surface area contributed by atoms with Gasteiger partial charge in [-0.25, -0.2) is 0 Å². The van der Waals surface area contributed by atoms with E-state index >= 15 is 0 Å². The van der Waals surface area contributed by atoms with Crippen LogP contribution in [0.4, 0.5) is 5.69 Å².